The predicted octanol–water partition coefficient (Wildman–Crippen LogP) is 0.795. The van der Waals surface area contributed by atoms with Gasteiger partial charge in [-0.15, -0.1) is 0 Å². The number of methoxy groups -OCH3 is 1. The number of carbonyl (C=O) groups excluding carboxylic acids is 1. The van der Waals surface area contributed by atoms with Crippen molar-refractivity contribution in [2.45, 2.75) is 5.03 Å². The minimum Gasteiger partial charge on any atom is -0.375 e. The van der Waals surface area contributed by atoms with Gasteiger partial charge in [-0.3, -0.25) is 14.6 Å². The van der Waals surface area contributed by atoms with Crippen molar-refractivity contribution >= 4 is 27.3 Å². The number of nitrogens with one attached hydrogen (secondary N) is 3. The van der Waals surface area contributed by atoms with Gasteiger partial charge in [-0.2, -0.15) is 13.5 Å². The van der Waals surface area contributed by atoms with Crippen molar-refractivity contribution in [2.24, 2.45) is 0 Å². The van der Waals surface area contributed by atoms with Crippen LogP contribution in [0.5, 0.6) is 0 Å². The smallest absolute Gasteiger partial charge is 0.278 e. The Morgan fingerprint density at radius 1 is 1.33 bits per heavy atom. The molecule has 0 saturated carbocycles. The van der Waals surface area contributed by atoms with Crippen LogP contribution in [0, 0.1) is 0 Å². The third-order valence-corrected chi connectivity index (χ3v) is 3.75. The van der Waals surface area contributed by atoms with E-state index in [1.807, 2.05) is 0 Å². The molecule has 0 aliphatic rings. The Balaban J connectivity index is 2.13. The number of hydrogen-bond donors (Lipinski definition) is 3. The van der Waals surface area contributed by atoms with Gasteiger partial charge in [-0.05, 0) is 24.3 Å². The van der Waals surface area contributed by atoms with E-state index in [1.54, 1.807) is 18.2 Å². The average molecular weight is 310 g/mol. The molecule has 0 atom stereocenters. The fourth-order valence-electron chi connectivity index (χ4n) is 1.59. The first kappa shape index (κ1) is 15.0. The molecule has 0 unspecified atom stereocenters. The van der Waals surface area contributed by atoms with Crippen LogP contribution in [0.2, 0.25) is 0 Å². The number of ether oxygens (including phenoxy) is 1. The second-order valence-corrected chi connectivity index (χ2v) is 5.74. The zero-order chi connectivity index (χ0) is 15.3. The maximum atomic E-state index is 12.0. The number of aromatic nitrogens is 2. The van der Waals surface area contributed by atoms with Gasteiger partial charge in [0.15, 0.2) is 5.03 Å². The van der Waals surface area contributed by atoms with Gasteiger partial charge in [0.1, 0.15) is 6.61 Å². The van der Waals surface area contributed by atoms with Crippen LogP contribution in [0.15, 0.2) is 41.6 Å². The van der Waals surface area contributed by atoms with E-state index in [0.29, 0.717) is 11.4 Å². The number of nitrogens with zero attached hydrogens (tertiary/aromatic N) is 1. The third kappa shape index (κ3) is 4.04. The Kier molecular flexibility index (Phi) is 4.55. The molecule has 1 amide bonds. The number of sulfonamides is 1. The summed E-state index contributed by atoms with van der Waals surface area (Å²) in [6.45, 7) is -0.0793. The number of benzene rings is 1. The number of carbonyl (C=O) groups is 1. The normalized spacial score (nSPS) is 11.1. The molecule has 0 saturated heterocycles. The summed E-state index contributed by atoms with van der Waals surface area (Å²) >= 11 is 0. The van der Waals surface area contributed by atoms with Crippen molar-refractivity contribution in [1.82, 2.24) is 10.2 Å². The molecule has 0 bridgehead atoms. The summed E-state index contributed by atoms with van der Waals surface area (Å²) in [5.41, 5.74) is 0.779. The number of H-pyrrole nitrogens is 1. The molecule has 1 aromatic heterocycles. The van der Waals surface area contributed by atoms with Crippen molar-refractivity contribution < 1.29 is 17.9 Å². The van der Waals surface area contributed by atoms with Crippen LogP contribution in [0.25, 0.3) is 0 Å². The van der Waals surface area contributed by atoms with Gasteiger partial charge in [0, 0.05) is 12.8 Å². The summed E-state index contributed by atoms with van der Waals surface area (Å²) in [5.74, 6) is -0.328. The highest BCUT2D eigenvalue weighted by molar-refractivity contribution is 7.92. The fraction of sp³-hybridized carbons (Fsp3) is 0.167. The van der Waals surface area contributed by atoms with Crippen LogP contribution in [0.4, 0.5) is 11.4 Å². The van der Waals surface area contributed by atoms with Gasteiger partial charge in [-0.25, -0.2) is 0 Å². The fourth-order valence-corrected chi connectivity index (χ4v) is 2.55. The van der Waals surface area contributed by atoms with Gasteiger partial charge in [0.25, 0.3) is 10.0 Å². The summed E-state index contributed by atoms with van der Waals surface area (Å²) in [4.78, 5) is 11.4. The highest BCUT2D eigenvalue weighted by Gasteiger charge is 2.15. The molecule has 2 rings (SSSR count). The number of amides is 1. The predicted molar refractivity (Wildman–Crippen MR) is 76.3 cm³/mol. The van der Waals surface area contributed by atoms with E-state index in [-0.39, 0.29) is 17.5 Å². The maximum Gasteiger partial charge on any atom is 0.278 e. The molecule has 0 aliphatic carbocycles. The average Bonchev–Trinajstić information content (AvgIpc) is 2.93. The number of hydrogen-bond acceptors (Lipinski definition) is 5. The van der Waals surface area contributed by atoms with Crippen LogP contribution in [0.1, 0.15) is 0 Å². The summed E-state index contributed by atoms with van der Waals surface area (Å²) in [6, 6.07) is 7.67. The van der Waals surface area contributed by atoms with E-state index in [2.05, 4.69) is 20.2 Å². The van der Waals surface area contributed by atoms with E-state index >= 15 is 0 Å². The molecule has 8 nitrogen and oxygen atoms in total. The molecule has 112 valence electrons. The van der Waals surface area contributed by atoms with Crippen molar-refractivity contribution in [3.8, 4) is 0 Å². The molecular weight excluding hydrogens is 296 g/mol. The molecule has 3 N–H and O–H groups in total. The Labute approximate surface area is 121 Å². The van der Waals surface area contributed by atoms with Crippen LogP contribution in [-0.4, -0.2) is 38.2 Å². The molecule has 0 fully saturated rings. The number of rotatable bonds is 6. The highest BCUT2D eigenvalue weighted by Crippen LogP contribution is 2.18. The molecule has 1 aromatic carbocycles. The lowest BCUT2D eigenvalue weighted by Crippen LogP contribution is -2.17. The van der Waals surface area contributed by atoms with Crippen molar-refractivity contribution in [1.29, 1.82) is 0 Å². The Bertz CT molecular complexity index is 713. The summed E-state index contributed by atoms with van der Waals surface area (Å²) in [7, 11) is -2.32. The van der Waals surface area contributed by atoms with Crippen molar-refractivity contribution in [3.05, 3.63) is 36.5 Å². The van der Waals surface area contributed by atoms with E-state index in [9.17, 15) is 13.2 Å². The summed E-state index contributed by atoms with van der Waals surface area (Å²) < 4.78 is 31.1. The molecule has 2 aromatic rings. The Morgan fingerprint density at radius 3 is 2.76 bits per heavy atom. The van der Waals surface area contributed by atoms with Crippen LogP contribution >= 0.6 is 0 Å². The summed E-state index contributed by atoms with van der Waals surface area (Å²) in [5, 5.41) is 8.51. The molecule has 0 radical (unpaired) electrons. The first-order chi connectivity index (χ1) is 10.0. The zero-order valence-corrected chi connectivity index (χ0v) is 12.0. The second kappa shape index (κ2) is 6.37. The molecule has 21 heavy (non-hydrogen) atoms. The van der Waals surface area contributed by atoms with Crippen LogP contribution in [0.3, 0.4) is 0 Å². The summed E-state index contributed by atoms with van der Waals surface area (Å²) in [6.07, 6.45) is 1.34. The minimum atomic E-state index is -3.73. The van der Waals surface area contributed by atoms with Crippen molar-refractivity contribution in [2.75, 3.05) is 23.8 Å². The third-order valence-electron chi connectivity index (χ3n) is 2.44. The van der Waals surface area contributed by atoms with E-state index in [4.69, 9.17) is 4.74 Å². The molecule has 0 spiro atoms. The Morgan fingerprint density at radius 2 is 2.10 bits per heavy atom. The SMILES string of the molecule is COCC(=O)Nc1cccc(NS(=O)(=O)c2ccn[nH]2)c1. The minimum absolute atomic E-state index is 0.0451. The number of aromatic amines is 1. The van der Waals surface area contributed by atoms with Gasteiger partial charge in [0.05, 0.1) is 11.9 Å². The van der Waals surface area contributed by atoms with E-state index < -0.39 is 10.0 Å². The maximum absolute atomic E-state index is 12.0. The van der Waals surface area contributed by atoms with Crippen molar-refractivity contribution in [3.63, 3.8) is 0 Å². The lowest BCUT2D eigenvalue weighted by molar-refractivity contribution is -0.119. The molecular formula is C12H14N4O4S. The molecule has 9 heteroatoms. The first-order valence-corrected chi connectivity index (χ1v) is 7.40. The first-order valence-electron chi connectivity index (χ1n) is 5.92. The van der Waals surface area contributed by atoms with Gasteiger partial charge < -0.3 is 10.1 Å². The standard InChI is InChI=1S/C12H14N4O4S/c1-20-8-11(17)14-9-3-2-4-10(7-9)16-21(18,19)12-5-6-13-15-12/h2-7,16H,8H2,1H3,(H,13,15)(H,14,17). The molecule has 0 aliphatic heterocycles. The topological polar surface area (TPSA) is 113 Å². The quantitative estimate of drug-likeness (QED) is 0.730. The monoisotopic (exact) mass is 310 g/mol. The van der Waals surface area contributed by atoms with Crippen LogP contribution < -0.4 is 10.0 Å². The zero-order valence-electron chi connectivity index (χ0n) is 11.2. The lowest BCUT2D eigenvalue weighted by atomic mass is 10.3. The van der Waals surface area contributed by atoms with Gasteiger partial charge in [0.2, 0.25) is 5.91 Å². The highest BCUT2D eigenvalue weighted by atomic mass is 32.2. The number of anilines is 2. The van der Waals surface area contributed by atoms with E-state index in [1.165, 1.54) is 25.4 Å². The lowest BCUT2D eigenvalue weighted by Gasteiger charge is -2.09. The van der Waals surface area contributed by atoms with Crippen LogP contribution in [-0.2, 0) is 19.6 Å². The largest absolute Gasteiger partial charge is 0.375 e. The molecule has 1 heterocycles. The Hall–Kier alpha value is -2.39. The van der Waals surface area contributed by atoms with Gasteiger partial charge >= 0.3 is 0 Å². The van der Waals surface area contributed by atoms with Gasteiger partial charge in [-0.1, -0.05) is 6.07 Å². The van der Waals surface area contributed by atoms with E-state index in [0.717, 1.165) is 0 Å². The second-order valence-electron chi connectivity index (χ2n) is 4.09.